The van der Waals surface area contributed by atoms with Crippen LogP contribution in [0.5, 0.6) is 5.75 Å². The number of carbonyl (C=O) groups excluding carboxylic acids is 1. The highest BCUT2D eigenvalue weighted by molar-refractivity contribution is 5.94. The summed E-state index contributed by atoms with van der Waals surface area (Å²) in [5, 5.41) is 4.05. The summed E-state index contributed by atoms with van der Waals surface area (Å²) in [5.74, 6) is 2.20. The van der Waals surface area contributed by atoms with Crippen LogP contribution in [0.2, 0.25) is 0 Å². The van der Waals surface area contributed by atoms with Crippen LogP contribution in [0.3, 0.4) is 0 Å². The Bertz CT molecular complexity index is 889. The molecule has 1 aromatic heterocycles. The molecule has 0 radical (unpaired) electrons. The van der Waals surface area contributed by atoms with Gasteiger partial charge in [-0.05, 0) is 42.3 Å². The molecule has 0 fully saturated rings. The first kappa shape index (κ1) is 19.6. The van der Waals surface area contributed by atoms with Gasteiger partial charge in [0, 0.05) is 30.6 Å². The molecule has 0 spiro atoms. The number of rotatable bonds is 8. The average Bonchev–Trinajstić information content (AvgIpc) is 3.20. The Morgan fingerprint density at radius 1 is 1.11 bits per heavy atom. The maximum absolute atomic E-state index is 12.8. The van der Waals surface area contributed by atoms with Gasteiger partial charge in [-0.15, -0.1) is 0 Å². The van der Waals surface area contributed by atoms with E-state index in [1.165, 1.54) is 0 Å². The van der Waals surface area contributed by atoms with E-state index in [0.717, 1.165) is 11.3 Å². The second kappa shape index (κ2) is 9.17. The number of nitrogens with zero attached hydrogens (tertiary/aromatic N) is 3. The van der Waals surface area contributed by atoms with Crippen molar-refractivity contribution in [3.8, 4) is 17.1 Å². The third-order valence-corrected chi connectivity index (χ3v) is 4.31. The van der Waals surface area contributed by atoms with Crippen molar-refractivity contribution in [3.63, 3.8) is 0 Å². The van der Waals surface area contributed by atoms with Gasteiger partial charge >= 0.3 is 0 Å². The van der Waals surface area contributed by atoms with E-state index >= 15 is 0 Å². The molecule has 3 rings (SSSR count). The molecular formula is C22H25N3O3. The van der Waals surface area contributed by atoms with Gasteiger partial charge in [0.1, 0.15) is 5.75 Å². The molecule has 28 heavy (non-hydrogen) atoms. The maximum Gasteiger partial charge on any atom is 0.253 e. The third kappa shape index (κ3) is 4.97. The standard InChI is InChI=1S/C22H25N3O3/c1-16(2)15-25(22(26)18-7-5-4-6-8-18)14-13-20-23-21(24-28-20)17-9-11-19(27-3)12-10-17/h4-12,16H,13-15H2,1-3H3. The van der Waals surface area contributed by atoms with E-state index in [0.29, 0.717) is 42.7 Å². The lowest BCUT2D eigenvalue weighted by atomic mass is 10.1. The number of benzene rings is 2. The first-order valence-corrected chi connectivity index (χ1v) is 9.38. The van der Waals surface area contributed by atoms with Gasteiger partial charge < -0.3 is 14.2 Å². The van der Waals surface area contributed by atoms with Crippen LogP contribution in [0.15, 0.2) is 59.1 Å². The number of amides is 1. The zero-order chi connectivity index (χ0) is 19.9. The minimum atomic E-state index is 0.0178. The van der Waals surface area contributed by atoms with Crippen LogP contribution in [-0.2, 0) is 6.42 Å². The number of hydrogen-bond acceptors (Lipinski definition) is 5. The summed E-state index contributed by atoms with van der Waals surface area (Å²) in [6.45, 7) is 5.39. The molecule has 0 bridgehead atoms. The van der Waals surface area contributed by atoms with Gasteiger partial charge in [-0.1, -0.05) is 37.2 Å². The van der Waals surface area contributed by atoms with Gasteiger partial charge in [0.05, 0.1) is 7.11 Å². The summed E-state index contributed by atoms with van der Waals surface area (Å²) in [7, 11) is 1.63. The lowest BCUT2D eigenvalue weighted by Crippen LogP contribution is -2.36. The quantitative estimate of drug-likeness (QED) is 0.590. The molecular weight excluding hydrogens is 354 g/mol. The molecule has 2 aromatic carbocycles. The number of hydrogen-bond donors (Lipinski definition) is 0. The molecule has 0 aliphatic rings. The number of ether oxygens (including phenoxy) is 1. The van der Waals surface area contributed by atoms with E-state index in [1.54, 1.807) is 7.11 Å². The first-order chi connectivity index (χ1) is 13.6. The highest BCUT2D eigenvalue weighted by Gasteiger charge is 2.18. The van der Waals surface area contributed by atoms with E-state index in [1.807, 2.05) is 59.5 Å². The number of aromatic nitrogens is 2. The molecule has 6 nitrogen and oxygen atoms in total. The summed E-state index contributed by atoms with van der Waals surface area (Å²) >= 11 is 0. The largest absolute Gasteiger partial charge is 0.497 e. The Balaban J connectivity index is 1.67. The van der Waals surface area contributed by atoms with Gasteiger partial charge in [-0.2, -0.15) is 4.98 Å². The molecule has 0 saturated heterocycles. The molecule has 1 heterocycles. The predicted molar refractivity (Wildman–Crippen MR) is 107 cm³/mol. The van der Waals surface area contributed by atoms with Crippen molar-refractivity contribution in [2.24, 2.45) is 5.92 Å². The highest BCUT2D eigenvalue weighted by atomic mass is 16.5. The van der Waals surface area contributed by atoms with Gasteiger partial charge in [-0.25, -0.2) is 0 Å². The fourth-order valence-electron chi connectivity index (χ4n) is 2.92. The second-order valence-corrected chi connectivity index (χ2v) is 7.00. The molecule has 0 unspecified atom stereocenters. The lowest BCUT2D eigenvalue weighted by molar-refractivity contribution is 0.0734. The monoisotopic (exact) mass is 379 g/mol. The van der Waals surface area contributed by atoms with Crippen LogP contribution >= 0.6 is 0 Å². The van der Waals surface area contributed by atoms with Gasteiger partial charge in [0.2, 0.25) is 11.7 Å². The zero-order valence-electron chi connectivity index (χ0n) is 16.5. The number of carbonyl (C=O) groups is 1. The predicted octanol–water partition coefficient (Wildman–Crippen LogP) is 4.09. The van der Waals surface area contributed by atoms with Crippen molar-refractivity contribution in [3.05, 3.63) is 66.1 Å². The van der Waals surface area contributed by atoms with E-state index in [4.69, 9.17) is 9.26 Å². The normalized spacial score (nSPS) is 10.9. The third-order valence-electron chi connectivity index (χ3n) is 4.31. The molecule has 1 amide bonds. The van der Waals surface area contributed by atoms with Crippen LogP contribution < -0.4 is 4.74 Å². The summed E-state index contributed by atoms with van der Waals surface area (Å²) in [6, 6.07) is 16.8. The molecule has 6 heteroatoms. The van der Waals surface area contributed by atoms with Crippen LogP contribution in [0.4, 0.5) is 0 Å². The van der Waals surface area contributed by atoms with E-state index < -0.39 is 0 Å². The zero-order valence-corrected chi connectivity index (χ0v) is 16.5. The fourth-order valence-corrected chi connectivity index (χ4v) is 2.92. The Morgan fingerprint density at radius 3 is 2.46 bits per heavy atom. The summed E-state index contributed by atoms with van der Waals surface area (Å²) in [5.41, 5.74) is 1.54. The summed E-state index contributed by atoms with van der Waals surface area (Å²) in [6.07, 6.45) is 0.508. The first-order valence-electron chi connectivity index (χ1n) is 9.38. The number of methoxy groups -OCH3 is 1. The van der Waals surface area contributed by atoms with Crippen LogP contribution in [0.25, 0.3) is 11.4 Å². The minimum absolute atomic E-state index is 0.0178. The summed E-state index contributed by atoms with van der Waals surface area (Å²) < 4.78 is 10.6. The Morgan fingerprint density at radius 2 is 1.82 bits per heavy atom. The van der Waals surface area contributed by atoms with E-state index in [2.05, 4.69) is 24.0 Å². The topological polar surface area (TPSA) is 68.5 Å². The molecule has 146 valence electrons. The molecule has 0 N–H and O–H groups in total. The SMILES string of the molecule is COc1ccc(-c2noc(CCN(CC(C)C)C(=O)c3ccccc3)n2)cc1. The Kier molecular flexibility index (Phi) is 6.42. The summed E-state index contributed by atoms with van der Waals surface area (Å²) in [4.78, 5) is 19.1. The van der Waals surface area contributed by atoms with Gasteiger partial charge in [0.25, 0.3) is 5.91 Å². The van der Waals surface area contributed by atoms with Crippen molar-refractivity contribution >= 4 is 5.91 Å². The van der Waals surface area contributed by atoms with E-state index in [-0.39, 0.29) is 5.91 Å². The molecule has 3 aromatic rings. The van der Waals surface area contributed by atoms with E-state index in [9.17, 15) is 4.79 Å². The molecule has 0 aliphatic heterocycles. The highest BCUT2D eigenvalue weighted by Crippen LogP contribution is 2.20. The maximum atomic E-state index is 12.8. The lowest BCUT2D eigenvalue weighted by Gasteiger charge is -2.24. The van der Waals surface area contributed by atoms with Crippen LogP contribution in [-0.4, -0.2) is 41.1 Å². The van der Waals surface area contributed by atoms with Crippen LogP contribution in [0.1, 0.15) is 30.1 Å². The Labute approximate surface area is 165 Å². The van der Waals surface area contributed by atoms with Crippen molar-refractivity contribution in [1.29, 1.82) is 0 Å². The van der Waals surface area contributed by atoms with Crippen molar-refractivity contribution in [2.45, 2.75) is 20.3 Å². The van der Waals surface area contributed by atoms with Gasteiger partial charge in [0.15, 0.2) is 0 Å². The fraction of sp³-hybridized carbons (Fsp3) is 0.318. The molecule has 0 aliphatic carbocycles. The Hall–Kier alpha value is -3.15. The van der Waals surface area contributed by atoms with Crippen molar-refractivity contribution in [1.82, 2.24) is 15.0 Å². The van der Waals surface area contributed by atoms with Crippen molar-refractivity contribution in [2.75, 3.05) is 20.2 Å². The smallest absolute Gasteiger partial charge is 0.253 e. The minimum Gasteiger partial charge on any atom is -0.497 e. The molecule has 0 saturated carbocycles. The average molecular weight is 379 g/mol. The van der Waals surface area contributed by atoms with Crippen LogP contribution in [0, 0.1) is 5.92 Å². The second-order valence-electron chi connectivity index (χ2n) is 7.00. The van der Waals surface area contributed by atoms with Crippen molar-refractivity contribution < 1.29 is 14.1 Å². The van der Waals surface area contributed by atoms with Gasteiger partial charge in [-0.3, -0.25) is 4.79 Å². The molecule has 0 atom stereocenters.